The van der Waals surface area contributed by atoms with Gasteiger partial charge in [0.1, 0.15) is 0 Å². The highest BCUT2D eigenvalue weighted by Crippen LogP contribution is 2.25. The van der Waals surface area contributed by atoms with Gasteiger partial charge in [-0.2, -0.15) is 0 Å². The van der Waals surface area contributed by atoms with E-state index >= 15 is 0 Å². The zero-order valence-electron chi connectivity index (χ0n) is 17.3. The molecule has 5 nitrogen and oxygen atoms in total. The molecule has 3 aromatic rings. The third kappa shape index (κ3) is 4.13. The van der Waals surface area contributed by atoms with E-state index in [2.05, 4.69) is 17.3 Å². The average Bonchev–Trinajstić information content (AvgIpc) is 2.74. The Morgan fingerprint density at radius 1 is 1.10 bits per heavy atom. The van der Waals surface area contributed by atoms with Crippen LogP contribution in [0.4, 0.5) is 5.69 Å². The van der Waals surface area contributed by atoms with Gasteiger partial charge in [-0.25, -0.2) is 0 Å². The number of fused-ring (bicyclic) bond motifs is 1. The van der Waals surface area contributed by atoms with Gasteiger partial charge in [0.15, 0.2) is 0 Å². The van der Waals surface area contributed by atoms with E-state index in [-0.39, 0.29) is 11.5 Å². The molecule has 1 N–H and O–H groups in total. The van der Waals surface area contributed by atoms with Crippen molar-refractivity contribution in [3.8, 4) is 0 Å². The third-order valence-corrected chi connectivity index (χ3v) is 6.50. The molecular formula is C24H26ClN3O2. The van der Waals surface area contributed by atoms with Crippen LogP contribution in [0.2, 0.25) is 5.02 Å². The summed E-state index contributed by atoms with van der Waals surface area (Å²) in [5, 5.41) is 4.71. The van der Waals surface area contributed by atoms with Gasteiger partial charge in [-0.1, -0.05) is 29.8 Å². The molecule has 0 aliphatic carbocycles. The predicted octanol–water partition coefficient (Wildman–Crippen LogP) is 4.56. The van der Waals surface area contributed by atoms with Crippen molar-refractivity contribution in [1.82, 2.24) is 9.47 Å². The highest BCUT2D eigenvalue weighted by Gasteiger charge is 2.18. The summed E-state index contributed by atoms with van der Waals surface area (Å²) in [5.74, 6) is 0.231. The Morgan fingerprint density at radius 3 is 2.60 bits per heavy atom. The number of likely N-dealkylation sites (tertiary alicyclic amines) is 1. The first kappa shape index (κ1) is 20.6. The number of carbonyl (C=O) groups excluding carboxylic acids is 1. The fourth-order valence-corrected chi connectivity index (χ4v) is 4.32. The number of aryl methyl sites for hydroxylation is 1. The maximum atomic E-state index is 13.1. The molecule has 156 valence electrons. The van der Waals surface area contributed by atoms with E-state index in [1.54, 1.807) is 22.8 Å². The second kappa shape index (κ2) is 8.62. The normalized spacial score (nSPS) is 15.4. The summed E-state index contributed by atoms with van der Waals surface area (Å²) < 4.78 is 1.81. The van der Waals surface area contributed by atoms with Crippen molar-refractivity contribution in [2.75, 3.05) is 25.5 Å². The molecule has 1 saturated heterocycles. The quantitative estimate of drug-likeness (QED) is 0.669. The van der Waals surface area contributed by atoms with Crippen LogP contribution < -0.4 is 10.9 Å². The van der Waals surface area contributed by atoms with Gasteiger partial charge in [-0.05, 0) is 75.6 Å². The van der Waals surface area contributed by atoms with E-state index in [1.165, 1.54) is 0 Å². The minimum absolute atomic E-state index is 0.0175. The van der Waals surface area contributed by atoms with Crippen LogP contribution in [-0.2, 0) is 6.54 Å². The second-order valence-electron chi connectivity index (χ2n) is 8.18. The average molecular weight is 424 g/mol. The highest BCUT2D eigenvalue weighted by atomic mass is 35.5. The number of amides is 1. The number of pyridine rings is 1. The van der Waals surface area contributed by atoms with E-state index in [1.807, 2.05) is 37.4 Å². The predicted molar refractivity (Wildman–Crippen MR) is 123 cm³/mol. The molecule has 0 saturated carbocycles. The lowest BCUT2D eigenvalue weighted by Gasteiger charge is -2.29. The number of halogens is 1. The third-order valence-electron chi connectivity index (χ3n) is 6.00. The largest absolute Gasteiger partial charge is 0.321 e. The van der Waals surface area contributed by atoms with Gasteiger partial charge in [-0.15, -0.1) is 0 Å². The number of nitrogens with one attached hydrogen (secondary N) is 1. The van der Waals surface area contributed by atoms with Crippen molar-refractivity contribution in [2.24, 2.45) is 5.92 Å². The maximum absolute atomic E-state index is 13.1. The molecule has 30 heavy (non-hydrogen) atoms. The summed E-state index contributed by atoms with van der Waals surface area (Å²) in [7, 11) is 2.14. The van der Waals surface area contributed by atoms with Crippen LogP contribution in [0.15, 0.2) is 53.5 Å². The lowest BCUT2D eigenvalue weighted by atomic mass is 9.97. The SMILES string of the molecule is Cc1cccc(C(=O)Nc2cccc3c(=O)n(CC4CCN(C)CC4)ccc23)c1Cl. The summed E-state index contributed by atoms with van der Waals surface area (Å²) in [4.78, 5) is 28.2. The molecule has 1 fully saturated rings. The Morgan fingerprint density at radius 2 is 1.83 bits per heavy atom. The highest BCUT2D eigenvalue weighted by molar-refractivity contribution is 6.35. The first-order valence-corrected chi connectivity index (χ1v) is 10.7. The van der Waals surface area contributed by atoms with Crippen molar-refractivity contribution < 1.29 is 4.79 Å². The number of benzene rings is 2. The number of hydrogen-bond acceptors (Lipinski definition) is 3. The Bertz CT molecular complexity index is 1150. The van der Waals surface area contributed by atoms with Crippen LogP contribution in [0.5, 0.6) is 0 Å². The first-order chi connectivity index (χ1) is 14.4. The number of piperidine rings is 1. The van der Waals surface area contributed by atoms with Crippen LogP contribution in [-0.4, -0.2) is 35.5 Å². The number of carbonyl (C=O) groups is 1. The lowest BCUT2D eigenvalue weighted by molar-refractivity contribution is 0.102. The Hall–Kier alpha value is -2.63. The van der Waals surface area contributed by atoms with Crippen LogP contribution in [0.1, 0.15) is 28.8 Å². The van der Waals surface area contributed by atoms with Crippen molar-refractivity contribution in [3.63, 3.8) is 0 Å². The minimum atomic E-state index is -0.285. The lowest BCUT2D eigenvalue weighted by Crippen LogP contribution is -2.33. The van der Waals surface area contributed by atoms with Gasteiger partial charge in [0.2, 0.25) is 0 Å². The van der Waals surface area contributed by atoms with E-state index in [9.17, 15) is 9.59 Å². The van der Waals surface area contributed by atoms with Crippen molar-refractivity contribution >= 4 is 34.0 Å². The molecule has 0 spiro atoms. The smallest absolute Gasteiger partial charge is 0.258 e. The summed E-state index contributed by atoms with van der Waals surface area (Å²) in [6.45, 7) is 4.75. The molecule has 6 heteroatoms. The van der Waals surface area contributed by atoms with E-state index in [0.29, 0.717) is 27.6 Å². The van der Waals surface area contributed by atoms with Crippen molar-refractivity contribution in [3.05, 3.63) is 75.2 Å². The molecule has 2 heterocycles. The Balaban J connectivity index is 1.61. The molecule has 0 radical (unpaired) electrons. The van der Waals surface area contributed by atoms with E-state index in [0.717, 1.165) is 43.4 Å². The topological polar surface area (TPSA) is 54.3 Å². The van der Waals surface area contributed by atoms with Gasteiger partial charge >= 0.3 is 0 Å². The monoisotopic (exact) mass is 423 g/mol. The Kier molecular flexibility index (Phi) is 5.93. The molecule has 1 amide bonds. The first-order valence-electron chi connectivity index (χ1n) is 10.3. The number of aromatic nitrogens is 1. The number of nitrogens with zero attached hydrogens (tertiary/aromatic N) is 2. The van der Waals surface area contributed by atoms with Gasteiger partial charge in [-0.3, -0.25) is 9.59 Å². The van der Waals surface area contributed by atoms with Crippen LogP contribution in [0, 0.1) is 12.8 Å². The summed E-state index contributed by atoms with van der Waals surface area (Å²) in [6.07, 6.45) is 4.06. The summed E-state index contributed by atoms with van der Waals surface area (Å²) >= 11 is 6.30. The van der Waals surface area contributed by atoms with Crippen LogP contribution >= 0.6 is 11.6 Å². The molecule has 0 unspecified atom stereocenters. The summed E-state index contributed by atoms with van der Waals surface area (Å²) in [6, 6.07) is 12.7. The van der Waals surface area contributed by atoms with Gasteiger partial charge in [0.05, 0.1) is 10.6 Å². The van der Waals surface area contributed by atoms with Crippen molar-refractivity contribution in [2.45, 2.75) is 26.3 Å². The maximum Gasteiger partial charge on any atom is 0.258 e. The van der Waals surface area contributed by atoms with Gasteiger partial charge < -0.3 is 14.8 Å². The van der Waals surface area contributed by atoms with Crippen molar-refractivity contribution in [1.29, 1.82) is 0 Å². The fraction of sp³-hybridized carbons (Fsp3) is 0.333. The molecule has 2 aromatic carbocycles. The fourth-order valence-electron chi connectivity index (χ4n) is 4.11. The molecule has 1 aliphatic rings. The van der Waals surface area contributed by atoms with Crippen LogP contribution in [0.3, 0.4) is 0 Å². The number of hydrogen-bond donors (Lipinski definition) is 1. The molecular weight excluding hydrogens is 398 g/mol. The summed E-state index contributed by atoms with van der Waals surface area (Å²) in [5.41, 5.74) is 1.86. The molecule has 0 bridgehead atoms. The van der Waals surface area contributed by atoms with E-state index in [4.69, 9.17) is 11.6 Å². The van der Waals surface area contributed by atoms with E-state index < -0.39 is 0 Å². The van der Waals surface area contributed by atoms with Gasteiger partial charge in [0.25, 0.3) is 11.5 Å². The minimum Gasteiger partial charge on any atom is -0.321 e. The zero-order valence-corrected chi connectivity index (χ0v) is 18.1. The van der Waals surface area contributed by atoms with Crippen LogP contribution in [0.25, 0.3) is 10.8 Å². The number of rotatable bonds is 4. The Labute approximate surface area is 181 Å². The number of anilines is 1. The second-order valence-corrected chi connectivity index (χ2v) is 8.56. The molecule has 0 atom stereocenters. The molecule has 1 aliphatic heterocycles. The molecule has 4 rings (SSSR count). The van der Waals surface area contributed by atoms with Gasteiger partial charge in [0, 0.05) is 29.2 Å². The standard InChI is InChI=1S/C24H26ClN3O2/c1-16-5-3-7-20(22(16)25)23(29)26-21-8-4-6-19-18(21)11-14-28(24(19)30)15-17-9-12-27(2)13-10-17/h3-8,11,14,17H,9-10,12-13,15H2,1-2H3,(H,26,29). The zero-order chi connectivity index (χ0) is 21.3. The molecule has 1 aromatic heterocycles.